The number of carbonyl (C=O) groups excluding carboxylic acids is 3. The van der Waals surface area contributed by atoms with Crippen molar-refractivity contribution in [2.75, 3.05) is 13.2 Å². The van der Waals surface area contributed by atoms with E-state index in [2.05, 4.69) is 93.7 Å². The first-order chi connectivity index (χ1) is 37.0. The molecule has 0 saturated heterocycles. The van der Waals surface area contributed by atoms with Crippen LogP contribution in [-0.4, -0.2) is 37.2 Å². The van der Waals surface area contributed by atoms with Gasteiger partial charge >= 0.3 is 17.9 Å². The smallest absolute Gasteiger partial charge is 0.306 e. The Balaban J connectivity index is 4.34. The molecule has 0 aromatic carbocycles. The molecule has 6 nitrogen and oxygen atoms in total. The molecule has 0 aliphatic rings. The van der Waals surface area contributed by atoms with E-state index in [0.717, 1.165) is 103 Å². The van der Waals surface area contributed by atoms with Crippen LogP contribution in [0.25, 0.3) is 0 Å². The summed E-state index contributed by atoms with van der Waals surface area (Å²) >= 11 is 0. The van der Waals surface area contributed by atoms with E-state index < -0.39 is 6.10 Å². The molecule has 0 rings (SSSR count). The maximum atomic E-state index is 12.9. The van der Waals surface area contributed by atoms with E-state index in [1.807, 2.05) is 0 Å². The van der Waals surface area contributed by atoms with Gasteiger partial charge in [0.05, 0.1) is 0 Å². The second-order valence-electron chi connectivity index (χ2n) is 21.7. The summed E-state index contributed by atoms with van der Waals surface area (Å²) in [5.74, 6) is -0.893. The maximum absolute atomic E-state index is 12.9. The summed E-state index contributed by atoms with van der Waals surface area (Å²) in [6.45, 7) is 6.58. The van der Waals surface area contributed by atoms with E-state index in [0.29, 0.717) is 19.3 Å². The molecule has 434 valence electrons. The monoisotopic (exact) mass is 1050 g/mol. The molecule has 0 aromatic rings. The quantitative estimate of drug-likeness (QED) is 0.0261. The summed E-state index contributed by atoms with van der Waals surface area (Å²) in [6, 6.07) is 0. The summed E-state index contributed by atoms with van der Waals surface area (Å²) in [4.78, 5) is 38.3. The number of esters is 3. The average Bonchev–Trinajstić information content (AvgIpc) is 3.41. The molecule has 0 aliphatic heterocycles. The first kappa shape index (κ1) is 71.8. The van der Waals surface area contributed by atoms with Crippen molar-refractivity contribution in [2.24, 2.45) is 0 Å². The third-order valence-electron chi connectivity index (χ3n) is 14.1. The van der Waals surface area contributed by atoms with Gasteiger partial charge in [-0.15, -0.1) is 0 Å². The Morgan fingerprint density at radius 2 is 0.507 bits per heavy atom. The first-order valence-electron chi connectivity index (χ1n) is 32.4. The second-order valence-corrected chi connectivity index (χ2v) is 21.7. The van der Waals surface area contributed by atoms with Crippen molar-refractivity contribution in [1.29, 1.82) is 0 Å². The van der Waals surface area contributed by atoms with Gasteiger partial charge < -0.3 is 14.2 Å². The Morgan fingerprint density at radius 1 is 0.267 bits per heavy atom. The van der Waals surface area contributed by atoms with Crippen molar-refractivity contribution in [3.63, 3.8) is 0 Å². The van der Waals surface area contributed by atoms with Crippen LogP contribution in [0.4, 0.5) is 0 Å². The Morgan fingerprint density at radius 3 is 0.813 bits per heavy atom. The molecule has 0 saturated carbocycles. The number of allylic oxidation sites excluding steroid dienone is 12. The van der Waals surface area contributed by atoms with Gasteiger partial charge in [-0.2, -0.15) is 0 Å². The van der Waals surface area contributed by atoms with Crippen molar-refractivity contribution < 1.29 is 28.6 Å². The highest BCUT2D eigenvalue weighted by Crippen LogP contribution is 2.16. The standard InChI is InChI=1S/C69H122O6/c1-4-7-10-13-16-19-22-25-27-29-31-33-34-36-37-39-41-44-47-50-53-56-59-62-68(71)74-65-66(64-73-67(70)61-58-55-52-49-46-43-24-21-18-15-12-9-6-3)75-69(72)63-60-57-54-51-48-45-42-40-38-35-32-30-28-26-23-20-17-14-11-8-5-2/h12,15,21-22,24-25,29-32,34,36,66H,4-11,13-14,16-20,23,26-28,33,35,37-65H2,1-3H3/b15-12-,24-21-,25-22-,31-29-,32-30-,36-34-. The molecule has 0 radical (unpaired) electrons. The molecule has 0 heterocycles. The maximum Gasteiger partial charge on any atom is 0.306 e. The number of carbonyl (C=O) groups is 3. The van der Waals surface area contributed by atoms with Crippen LogP contribution < -0.4 is 0 Å². The lowest BCUT2D eigenvalue weighted by Crippen LogP contribution is -2.30. The molecular formula is C69H122O6. The fraction of sp³-hybridized carbons (Fsp3) is 0.783. The molecule has 0 amide bonds. The zero-order valence-corrected chi connectivity index (χ0v) is 49.8. The van der Waals surface area contributed by atoms with Crippen molar-refractivity contribution in [1.82, 2.24) is 0 Å². The van der Waals surface area contributed by atoms with E-state index in [1.54, 1.807) is 0 Å². The molecule has 0 spiro atoms. The normalized spacial score (nSPS) is 12.5. The fourth-order valence-electron chi connectivity index (χ4n) is 9.25. The first-order valence-corrected chi connectivity index (χ1v) is 32.4. The fourth-order valence-corrected chi connectivity index (χ4v) is 9.25. The van der Waals surface area contributed by atoms with Crippen LogP contribution in [0, 0.1) is 0 Å². The molecule has 0 bridgehead atoms. The minimum absolute atomic E-state index is 0.0836. The molecule has 1 atom stereocenters. The Kier molecular flexibility index (Phi) is 60.7. The van der Waals surface area contributed by atoms with Crippen LogP contribution in [0.1, 0.15) is 329 Å². The highest BCUT2D eigenvalue weighted by atomic mass is 16.6. The third kappa shape index (κ3) is 61.6. The van der Waals surface area contributed by atoms with Crippen molar-refractivity contribution in [3.8, 4) is 0 Å². The van der Waals surface area contributed by atoms with E-state index in [-0.39, 0.29) is 31.1 Å². The summed E-state index contributed by atoms with van der Waals surface area (Å²) in [5, 5.41) is 0. The van der Waals surface area contributed by atoms with Crippen LogP contribution >= 0.6 is 0 Å². The number of unbranched alkanes of at least 4 members (excludes halogenated alkanes) is 36. The van der Waals surface area contributed by atoms with Gasteiger partial charge in [-0.3, -0.25) is 14.4 Å². The zero-order chi connectivity index (χ0) is 54.3. The van der Waals surface area contributed by atoms with Gasteiger partial charge in [0.2, 0.25) is 0 Å². The van der Waals surface area contributed by atoms with Crippen LogP contribution in [-0.2, 0) is 28.6 Å². The number of hydrogen-bond acceptors (Lipinski definition) is 6. The lowest BCUT2D eigenvalue weighted by atomic mass is 10.1. The van der Waals surface area contributed by atoms with E-state index in [9.17, 15) is 14.4 Å². The van der Waals surface area contributed by atoms with Crippen LogP contribution in [0.3, 0.4) is 0 Å². The molecule has 75 heavy (non-hydrogen) atoms. The number of ether oxygens (including phenoxy) is 3. The molecule has 0 aromatic heterocycles. The topological polar surface area (TPSA) is 78.9 Å². The lowest BCUT2D eigenvalue weighted by molar-refractivity contribution is -0.167. The molecule has 1 unspecified atom stereocenters. The minimum atomic E-state index is -0.787. The van der Waals surface area contributed by atoms with Crippen LogP contribution in [0.2, 0.25) is 0 Å². The predicted octanol–water partition coefficient (Wildman–Crippen LogP) is 22.1. The van der Waals surface area contributed by atoms with E-state index >= 15 is 0 Å². The van der Waals surface area contributed by atoms with Crippen molar-refractivity contribution >= 4 is 17.9 Å². The molecule has 0 fully saturated rings. The summed E-state index contributed by atoms with van der Waals surface area (Å²) < 4.78 is 16.9. The Bertz CT molecular complexity index is 1390. The summed E-state index contributed by atoms with van der Waals surface area (Å²) in [7, 11) is 0. The SMILES string of the molecule is CCC/C=C\C/C=C\CCCCCCCC(=O)OCC(COC(=O)CCCCCCCCCC/C=C\C/C=C\C/C=C\CCCCCCC)OC(=O)CCCCCCCCCCC/C=C\CCCCCCCCCC. The van der Waals surface area contributed by atoms with Crippen LogP contribution in [0.5, 0.6) is 0 Å². The Labute approximate surface area is 465 Å². The van der Waals surface area contributed by atoms with Gasteiger partial charge in [0.1, 0.15) is 13.2 Å². The van der Waals surface area contributed by atoms with Crippen LogP contribution in [0.15, 0.2) is 72.9 Å². The van der Waals surface area contributed by atoms with Gasteiger partial charge in [0, 0.05) is 19.3 Å². The highest BCUT2D eigenvalue weighted by Gasteiger charge is 2.19. The predicted molar refractivity (Wildman–Crippen MR) is 325 cm³/mol. The molecular weight excluding hydrogens is 925 g/mol. The Hall–Kier alpha value is -3.15. The average molecular weight is 1050 g/mol. The van der Waals surface area contributed by atoms with Gasteiger partial charge in [-0.25, -0.2) is 0 Å². The highest BCUT2D eigenvalue weighted by molar-refractivity contribution is 5.71. The lowest BCUT2D eigenvalue weighted by Gasteiger charge is -2.18. The number of hydrogen-bond donors (Lipinski definition) is 0. The van der Waals surface area contributed by atoms with Gasteiger partial charge in [-0.05, 0) is 109 Å². The van der Waals surface area contributed by atoms with Gasteiger partial charge in [0.15, 0.2) is 6.10 Å². The van der Waals surface area contributed by atoms with Gasteiger partial charge in [-0.1, -0.05) is 273 Å². The van der Waals surface area contributed by atoms with Gasteiger partial charge in [0.25, 0.3) is 0 Å². The van der Waals surface area contributed by atoms with Crippen molar-refractivity contribution in [3.05, 3.63) is 72.9 Å². The molecule has 0 N–H and O–H groups in total. The molecule has 6 heteroatoms. The summed E-state index contributed by atoms with van der Waals surface area (Å²) in [6.07, 6.45) is 81.9. The van der Waals surface area contributed by atoms with E-state index in [4.69, 9.17) is 14.2 Å². The van der Waals surface area contributed by atoms with E-state index in [1.165, 1.54) is 186 Å². The molecule has 0 aliphatic carbocycles. The third-order valence-corrected chi connectivity index (χ3v) is 14.1. The van der Waals surface area contributed by atoms with Crippen molar-refractivity contribution in [2.45, 2.75) is 335 Å². The largest absolute Gasteiger partial charge is 0.462 e. The summed E-state index contributed by atoms with van der Waals surface area (Å²) in [5.41, 5.74) is 0. The number of rotatable bonds is 59. The zero-order valence-electron chi connectivity index (χ0n) is 49.8. The second kappa shape index (κ2) is 63.4. The minimum Gasteiger partial charge on any atom is -0.462 e.